The molecule has 0 saturated carbocycles. The van der Waals surface area contributed by atoms with Crippen molar-refractivity contribution in [3.05, 3.63) is 0 Å². The predicted octanol–water partition coefficient (Wildman–Crippen LogP) is 0.885. The Balaban J connectivity index is -0.000000117. The second kappa shape index (κ2) is 13.3. The number of carboxylic acid groups (broad SMARTS) is 2. The molecular weight excluding hydrogens is 204 g/mol. The summed E-state index contributed by atoms with van der Waals surface area (Å²) in [6.45, 7) is 3.40. The molecule has 0 fully saturated rings. The molecule has 0 unspecified atom stereocenters. The molecule has 0 saturated heterocycles. The second-order valence-corrected chi connectivity index (χ2v) is 1.76. The van der Waals surface area contributed by atoms with Gasteiger partial charge in [-0.15, -0.1) is 0 Å². The van der Waals surface area contributed by atoms with Crippen molar-refractivity contribution in [2.24, 2.45) is 0 Å². The quantitative estimate of drug-likeness (QED) is 0.621. The van der Waals surface area contributed by atoms with Crippen LogP contribution in [0, 0.1) is 0 Å². The predicted molar refractivity (Wildman–Crippen MR) is 44.2 cm³/mol. The molecule has 0 amide bonds. The highest BCUT2D eigenvalue weighted by Crippen LogP contribution is 1.75. The smallest absolute Gasteiger partial charge is 0.321 e. The molecule has 0 aromatic carbocycles. The highest BCUT2D eigenvalue weighted by atomic mass is 35.5. The maximum absolute atomic E-state index is 9.46. The molecular formula is C6H11ClO6. The average molecular weight is 215 g/mol. The van der Waals surface area contributed by atoms with Crippen LogP contribution < -0.4 is 0 Å². The van der Waals surface area contributed by atoms with E-state index in [1.807, 2.05) is 0 Å². The van der Waals surface area contributed by atoms with Crippen molar-refractivity contribution in [1.82, 2.24) is 0 Å². The first kappa shape index (κ1) is 17.7. The first-order valence-corrected chi connectivity index (χ1v) is 3.23. The lowest BCUT2D eigenvalue weighted by Crippen LogP contribution is -1.82. The summed E-state index contributed by atoms with van der Waals surface area (Å²) in [6.07, 6.45) is 0. The molecule has 0 radical (unpaired) electrons. The summed E-state index contributed by atoms with van der Waals surface area (Å²) in [5.41, 5.74) is 0. The van der Waals surface area contributed by atoms with Crippen LogP contribution in [0.3, 0.4) is 0 Å². The summed E-state index contributed by atoms with van der Waals surface area (Å²) in [4.78, 5) is 27.5. The van der Waals surface area contributed by atoms with Gasteiger partial charge in [-0.3, -0.25) is 14.4 Å². The van der Waals surface area contributed by atoms with Crippen LogP contribution in [0.5, 0.6) is 0 Å². The second-order valence-electron chi connectivity index (χ2n) is 1.61. The first-order valence-electron chi connectivity index (χ1n) is 2.92. The third-order valence-electron chi connectivity index (χ3n) is 0.109. The van der Waals surface area contributed by atoms with Gasteiger partial charge in [-0.2, -0.15) is 0 Å². The lowest BCUT2D eigenvalue weighted by molar-refractivity contribution is -0.135. The number of rotatable bonds is 0. The van der Waals surface area contributed by atoms with Crippen LogP contribution in [0.2, 0.25) is 0 Å². The molecule has 0 aliphatic heterocycles. The number of carbonyl (C=O) groups excluding carboxylic acids is 1. The first-order chi connectivity index (χ1) is 5.73. The largest absolute Gasteiger partial charge is 0.481 e. The Morgan fingerprint density at radius 2 is 1.08 bits per heavy atom. The zero-order valence-electron chi connectivity index (χ0n) is 7.41. The Hall–Kier alpha value is -1.30. The minimum Gasteiger partial charge on any atom is -0.481 e. The van der Waals surface area contributed by atoms with E-state index in [0.29, 0.717) is 0 Å². The van der Waals surface area contributed by atoms with E-state index in [9.17, 15) is 4.79 Å². The lowest BCUT2D eigenvalue weighted by Gasteiger charge is -1.74. The van der Waals surface area contributed by atoms with Crippen molar-refractivity contribution in [1.29, 1.82) is 0 Å². The highest BCUT2D eigenvalue weighted by molar-refractivity contribution is 6.12. The number of hydrogen-bond acceptors (Lipinski definition) is 4. The van der Waals surface area contributed by atoms with Gasteiger partial charge < -0.3 is 14.5 Å². The van der Waals surface area contributed by atoms with Gasteiger partial charge in [0.05, 0.1) is 0 Å². The number of carboxylic acids is 2. The fourth-order valence-electron chi connectivity index (χ4n) is 0. The van der Waals surface area contributed by atoms with E-state index in [-0.39, 0.29) is 0 Å². The Kier molecular flexibility index (Phi) is 18.1. The fourth-order valence-corrected chi connectivity index (χ4v) is 0. The Labute approximate surface area is 80.2 Å². The lowest BCUT2D eigenvalue weighted by atomic mass is 10.9. The summed E-state index contributed by atoms with van der Waals surface area (Å²) in [5, 5.41) is 14.8. The van der Waals surface area contributed by atoms with E-state index in [4.69, 9.17) is 19.8 Å². The number of halogens is 1. The van der Waals surface area contributed by atoms with Crippen LogP contribution in [0.25, 0.3) is 0 Å². The third-order valence-corrected chi connectivity index (χ3v) is 0.326. The normalized spacial score (nSPS) is 6.46. The topological polar surface area (TPSA) is 101 Å². The molecule has 0 aromatic rings. The minimum absolute atomic E-state index is 0.480. The molecule has 0 aliphatic carbocycles. The fraction of sp³-hybridized carbons (Fsp3) is 0.500. The van der Waals surface area contributed by atoms with Crippen molar-refractivity contribution in [2.45, 2.75) is 20.8 Å². The molecule has 0 bridgehead atoms. The van der Waals surface area contributed by atoms with Gasteiger partial charge in [0.1, 0.15) is 11.9 Å². The molecule has 0 spiro atoms. The van der Waals surface area contributed by atoms with Crippen molar-refractivity contribution < 1.29 is 28.9 Å². The molecule has 7 heteroatoms. The molecule has 0 heterocycles. The Bertz CT molecular complexity index is 147. The monoisotopic (exact) mass is 214 g/mol. The Morgan fingerprint density at radius 1 is 1.00 bits per heavy atom. The van der Waals surface area contributed by atoms with E-state index in [1.54, 1.807) is 0 Å². The zero-order chi connectivity index (χ0) is 11.4. The third kappa shape index (κ3) is 1650. The highest BCUT2D eigenvalue weighted by Gasteiger charge is 1.79. The van der Waals surface area contributed by atoms with E-state index in [1.165, 1.54) is 6.92 Å². The standard InChI is InChI=1S/C2H3ClO2.2C2H4O2/c1-2(4)5-3;2*1-2(3)4/h1H3;2*1H3,(H,3,4). The van der Waals surface area contributed by atoms with Gasteiger partial charge >= 0.3 is 5.97 Å². The van der Waals surface area contributed by atoms with Crippen LogP contribution in [0.15, 0.2) is 0 Å². The minimum atomic E-state index is -0.833. The van der Waals surface area contributed by atoms with E-state index >= 15 is 0 Å². The van der Waals surface area contributed by atoms with Gasteiger partial charge in [0, 0.05) is 20.8 Å². The van der Waals surface area contributed by atoms with Crippen LogP contribution in [0.4, 0.5) is 0 Å². The van der Waals surface area contributed by atoms with Crippen LogP contribution in [-0.2, 0) is 18.7 Å². The van der Waals surface area contributed by atoms with E-state index < -0.39 is 17.9 Å². The summed E-state index contributed by atoms with van der Waals surface area (Å²) < 4.78 is 3.58. The molecule has 6 nitrogen and oxygen atoms in total. The molecule has 0 atom stereocenters. The zero-order valence-corrected chi connectivity index (χ0v) is 8.16. The number of hydrogen-bond donors (Lipinski definition) is 2. The molecule has 2 N–H and O–H groups in total. The van der Waals surface area contributed by atoms with Crippen molar-refractivity contribution in [3.63, 3.8) is 0 Å². The maximum atomic E-state index is 9.46. The van der Waals surface area contributed by atoms with Crippen LogP contribution in [0.1, 0.15) is 20.8 Å². The van der Waals surface area contributed by atoms with Gasteiger partial charge in [0.15, 0.2) is 0 Å². The van der Waals surface area contributed by atoms with Crippen molar-refractivity contribution in [3.8, 4) is 0 Å². The van der Waals surface area contributed by atoms with E-state index in [2.05, 4.69) is 16.2 Å². The van der Waals surface area contributed by atoms with Gasteiger partial charge in [0.2, 0.25) is 0 Å². The van der Waals surface area contributed by atoms with Crippen LogP contribution in [-0.4, -0.2) is 28.1 Å². The summed E-state index contributed by atoms with van der Waals surface area (Å²) in [6, 6.07) is 0. The van der Waals surface area contributed by atoms with Gasteiger partial charge in [-0.25, -0.2) is 0 Å². The van der Waals surface area contributed by atoms with Crippen molar-refractivity contribution in [2.75, 3.05) is 0 Å². The molecule has 0 rings (SSSR count). The summed E-state index contributed by atoms with van der Waals surface area (Å²) >= 11 is 4.49. The number of carbonyl (C=O) groups is 3. The van der Waals surface area contributed by atoms with E-state index in [0.717, 1.165) is 13.8 Å². The van der Waals surface area contributed by atoms with Gasteiger partial charge in [-0.05, 0) is 0 Å². The van der Waals surface area contributed by atoms with Crippen molar-refractivity contribution >= 4 is 29.8 Å². The van der Waals surface area contributed by atoms with Gasteiger partial charge in [0.25, 0.3) is 11.9 Å². The molecule has 13 heavy (non-hydrogen) atoms. The molecule has 0 aromatic heterocycles. The average Bonchev–Trinajstić information content (AvgIpc) is 1.84. The van der Waals surface area contributed by atoms with Crippen LogP contribution >= 0.6 is 11.9 Å². The maximum Gasteiger partial charge on any atom is 0.321 e. The SMILES string of the molecule is CC(=O)O.CC(=O)O.CC(=O)OCl. The summed E-state index contributed by atoms with van der Waals surface area (Å²) in [7, 11) is 0. The summed E-state index contributed by atoms with van der Waals surface area (Å²) in [5.74, 6) is -2.15. The number of aliphatic carboxylic acids is 2. The van der Waals surface area contributed by atoms with Gasteiger partial charge in [-0.1, -0.05) is 0 Å². The molecule has 78 valence electrons. The Morgan fingerprint density at radius 3 is 1.08 bits per heavy atom. The molecule has 0 aliphatic rings.